The highest BCUT2D eigenvalue weighted by molar-refractivity contribution is 5.94. The summed E-state index contributed by atoms with van der Waals surface area (Å²) in [6.45, 7) is 2.28. The summed E-state index contributed by atoms with van der Waals surface area (Å²) in [5.74, 6) is 0.561. The van der Waals surface area contributed by atoms with Crippen molar-refractivity contribution < 1.29 is 18.7 Å². The topological polar surface area (TPSA) is 99.7 Å². The standard InChI is InChI=1S/C28H29FN6O3/c1-30-28(37)31-18-8-6-17(7-9-18)25-32-24-16-34(27(36)21-4-2-3-5-23(21)29)13-12-22(24)26(33-25)35-14-19-10-11-20(15-35)38-19/h2-9,19-20H,10-16H2,1H3,(H2,30,31,37). The third-order valence-electron chi connectivity index (χ3n) is 7.41. The number of anilines is 2. The Kier molecular flexibility index (Phi) is 6.40. The molecule has 0 spiro atoms. The van der Waals surface area contributed by atoms with Gasteiger partial charge in [-0.25, -0.2) is 19.2 Å². The number of carbonyl (C=O) groups is 2. The van der Waals surface area contributed by atoms with Crippen LogP contribution in [0.25, 0.3) is 11.4 Å². The van der Waals surface area contributed by atoms with Crippen LogP contribution < -0.4 is 15.5 Å². The van der Waals surface area contributed by atoms with E-state index >= 15 is 0 Å². The van der Waals surface area contributed by atoms with Gasteiger partial charge in [0.1, 0.15) is 11.6 Å². The maximum Gasteiger partial charge on any atom is 0.318 e. The third-order valence-corrected chi connectivity index (χ3v) is 7.41. The molecule has 9 nitrogen and oxygen atoms in total. The lowest BCUT2D eigenvalue weighted by Gasteiger charge is -2.36. The molecular formula is C28H29FN6O3. The molecule has 2 unspecified atom stereocenters. The lowest BCUT2D eigenvalue weighted by molar-refractivity contribution is 0.0301. The second-order valence-electron chi connectivity index (χ2n) is 9.90. The van der Waals surface area contributed by atoms with Crippen molar-refractivity contribution in [2.75, 3.05) is 36.9 Å². The molecule has 196 valence electrons. The summed E-state index contributed by atoms with van der Waals surface area (Å²) in [5.41, 5.74) is 3.32. The maximum atomic E-state index is 14.4. The fourth-order valence-corrected chi connectivity index (χ4v) is 5.46. The van der Waals surface area contributed by atoms with E-state index in [1.807, 2.05) is 12.1 Å². The molecule has 2 saturated heterocycles. The lowest BCUT2D eigenvalue weighted by Crippen LogP contribution is -2.44. The Morgan fingerprint density at radius 2 is 1.76 bits per heavy atom. The molecule has 3 aliphatic rings. The van der Waals surface area contributed by atoms with E-state index in [-0.39, 0.29) is 36.3 Å². The predicted molar refractivity (Wildman–Crippen MR) is 140 cm³/mol. The van der Waals surface area contributed by atoms with Crippen molar-refractivity contribution in [1.82, 2.24) is 20.2 Å². The molecule has 2 N–H and O–H groups in total. The molecule has 1 aromatic heterocycles. The van der Waals surface area contributed by atoms with Crippen LogP contribution in [0.15, 0.2) is 48.5 Å². The zero-order chi connectivity index (χ0) is 26.2. The fraction of sp³-hybridized carbons (Fsp3) is 0.357. The molecule has 0 radical (unpaired) electrons. The van der Waals surface area contributed by atoms with Crippen LogP contribution >= 0.6 is 0 Å². The summed E-state index contributed by atoms with van der Waals surface area (Å²) >= 11 is 0. The van der Waals surface area contributed by atoms with Gasteiger partial charge in [-0.2, -0.15) is 0 Å². The van der Waals surface area contributed by atoms with Crippen LogP contribution in [-0.2, 0) is 17.7 Å². The number of morpholine rings is 1. The summed E-state index contributed by atoms with van der Waals surface area (Å²) in [6, 6.07) is 13.1. The number of amides is 3. The molecule has 0 saturated carbocycles. The van der Waals surface area contributed by atoms with Gasteiger partial charge in [-0.1, -0.05) is 12.1 Å². The first kappa shape index (κ1) is 24.3. The second kappa shape index (κ2) is 10.0. The molecular weight excluding hydrogens is 487 g/mol. The second-order valence-corrected chi connectivity index (χ2v) is 9.90. The number of benzene rings is 2. The minimum atomic E-state index is -0.526. The quantitative estimate of drug-likeness (QED) is 0.550. The number of rotatable bonds is 4. The summed E-state index contributed by atoms with van der Waals surface area (Å²) in [6.07, 6.45) is 3.08. The molecule has 3 aliphatic heterocycles. The average molecular weight is 517 g/mol. The van der Waals surface area contributed by atoms with Gasteiger partial charge in [0, 0.05) is 43.5 Å². The van der Waals surface area contributed by atoms with Crippen molar-refractivity contribution in [1.29, 1.82) is 0 Å². The zero-order valence-corrected chi connectivity index (χ0v) is 21.1. The maximum absolute atomic E-state index is 14.4. The molecule has 2 atom stereocenters. The number of hydrogen-bond acceptors (Lipinski definition) is 6. The molecule has 38 heavy (non-hydrogen) atoms. The van der Waals surface area contributed by atoms with Crippen LogP contribution in [0, 0.1) is 5.82 Å². The van der Waals surface area contributed by atoms with Gasteiger partial charge in [-0.15, -0.1) is 0 Å². The van der Waals surface area contributed by atoms with Crippen molar-refractivity contribution >= 4 is 23.4 Å². The van der Waals surface area contributed by atoms with Gasteiger partial charge in [-0.3, -0.25) is 4.79 Å². The van der Waals surface area contributed by atoms with Gasteiger partial charge < -0.3 is 25.2 Å². The van der Waals surface area contributed by atoms with Gasteiger partial charge in [0.2, 0.25) is 0 Å². The summed E-state index contributed by atoms with van der Waals surface area (Å²) in [7, 11) is 1.56. The Morgan fingerprint density at radius 1 is 1.03 bits per heavy atom. The largest absolute Gasteiger partial charge is 0.371 e. The van der Waals surface area contributed by atoms with Gasteiger partial charge in [0.15, 0.2) is 5.82 Å². The van der Waals surface area contributed by atoms with E-state index in [1.54, 1.807) is 36.2 Å². The molecule has 3 amide bonds. The number of aromatic nitrogens is 2. The van der Waals surface area contributed by atoms with E-state index < -0.39 is 5.82 Å². The Balaban J connectivity index is 1.35. The monoisotopic (exact) mass is 516 g/mol. The Labute approximate surface area is 220 Å². The summed E-state index contributed by atoms with van der Waals surface area (Å²) < 4.78 is 20.4. The molecule has 4 heterocycles. The van der Waals surface area contributed by atoms with Crippen LogP contribution in [0.5, 0.6) is 0 Å². The van der Waals surface area contributed by atoms with Gasteiger partial charge >= 0.3 is 6.03 Å². The van der Waals surface area contributed by atoms with E-state index in [0.29, 0.717) is 24.5 Å². The van der Waals surface area contributed by atoms with Crippen LogP contribution in [0.2, 0.25) is 0 Å². The third kappa shape index (κ3) is 4.67. The highest BCUT2D eigenvalue weighted by Crippen LogP contribution is 2.35. The number of fused-ring (bicyclic) bond motifs is 3. The smallest absolute Gasteiger partial charge is 0.318 e. The van der Waals surface area contributed by atoms with E-state index in [1.165, 1.54) is 12.1 Å². The number of hydrogen-bond donors (Lipinski definition) is 2. The SMILES string of the molecule is CNC(=O)Nc1ccc(-c2nc3c(c(N4CC5CCC(C4)O5)n2)CCN(C(=O)c2ccccc2F)C3)cc1. The van der Waals surface area contributed by atoms with Crippen LogP contribution in [0.4, 0.5) is 20.7 Å². The van der Waals surface area contributed by atoms with Crippen molar-refractivity contribution in [2.24, 2.45) is 0 Å². The average Bonchev–Trinajstić information content (AvgIpc) is 3.29. The van der Waals surface area contributed by atoms with E-state index in [4.69, 9.17) is 14.7 Å². The molecule has 6 rings (SSSR count). The van der Waals surface area contributed by atoms with Crippen molar-refractivity contribution in [3.8, 4) is 11.4 Å². The number of carbonyl (C=O) groups excluding carboxylic acids is 2. The highest BCUT2D eigenvalue weighted by Gasteiger charge is 2.37. The minimum Gasteiger partial charge on any atom is -0.371 e. The predicted octanol–water partition coefficient (Wildman–Crippen LogP) is 3.60. The summed E-state index contributed by atoms with van der Waals surface area (Å²) in [4.78, 5) is 38.7. The number of urea groups is 1. The van der Waals surface area contributed by atoms with Crippen LogP contribution in [0.3, 0.4) is 0 Å². The first-order valence-electron chi connectivity index (χ1n) is 12.9. The molecule has 3 aromatic rings. The normalized spacial score (nSPS) is 20.2. The Morgan fingerprint density at radius 3 is 2.47 bits per heavy atom. The lowest BCUT2D eigenvalue weighted by atomic mass is 10.0. The molecule has 2 aromatic carbocycles. The Hall–Kier alpha value is -4.05. The van der Waals surface area contributed by atoms with Gasteiger partial charge in [0.05, 0.1) is 30.0 Å². The molecule has 0 aliphatic carbocycles. The first-order valence-corrected chi connectivity index (χ1v) is 12.9. The fourth-order valence-electron chi connectivity index (χ4n) is 5.46. The minimum absolute atomic E-state index is 0.0643. The molecule has 2 fully saturated rings. The summed E-state index contributed by atoms with van der Waals surface area (Å²) in [5, 5.41) is 5.28. The zero-order valence-electron chi connectivity index (χ0n) is 21.1. The number of halogens is 1. The number of ether oxygens (including phenoxy) is 1. The number of nitrogens with one attached hydrogen (secondary N) is 2. The first-order chi connectivity index (χ1) is 18.5. The van der Waals surface area contributed by atoms with Crippen molar-refractivity contribution in [2.45, 2.75) is 38.0 Å². The van der Waals surface area contributed by atoms with Gasteiger partial charge in [0.25, 0.3) is 5.91 Å². The highest BCUT2D eigenvalue weighted by atomic mass is 19.1. The van der Waals surface area contributed by atoms with Gasteiger partial charge in [-0.05, 0) is 55.7 Å². The van der Waals surface area contributed by atoms with E-state index in [2.05, 4.69) is 15.5 Å². The van der Waals surface area contributed by atoms with E-state index in [0.717, 1.165) is 48.6 Å². The van der Waals surface area contributed by atoms with Crippen LogP contribution in [-0.4, -0.2) is 65.7 Å². The number of nitrogens with zero attached hydrogens (tertiary/aromatic N) is 4. The van der Waals surface area contributed by atoms with Crippen LogP contribution in [0.1, 0.15) is 34.5 Å². The molecule has 2 bridgehead atoms. The van der Waals surface area contributed by atoms with E-state index in [9.17, 15) is 14.0 Å². The van der Waals surface area contributed by atoms with Crippen molar-refractivity contribution in [3.63, 3.8) is 0 Å². The van der Waals surface area contributed by atoms with Crippen molar-refractivity contribution in [3.05, 3.63) is 71.2 Å². The Bertz CT molecular complexity index is 1370. The molecule has 10 heteroatoms.